The van der Waals surface area contributed by atoms with Crippen molar-refractivity contribution < 1.29 is 13.2 Å². The van der Waals surface area contributed by atoms with E-state index in [1.807, 2.05) is 37.3 Å². The Morgan fingerprint density at radius 3 is 2.30 bits per heavy atom. The molecule has 0 nitrogen and oxygen atoms in total. The van der Waals surface area contributed by atoms with Crippen LogP contribution >= 0.6 is 0 Å². The molecule has 2 aromatic carbocycles. The summed E-state index contributed by atoms with van der Waals surface area (Å²) in [5.74, 6) is -1.10. The number of hydrogen-bond acceptors (Lipinski definition) is 0. The molecule has 2 aromatic rings. The summed E-state index contributed by atoms with van der Waals surface area (Å²) >= 11 is 0. The van der Waals surface area contributed by atoms with E-state index in [1.54, 1.807) is 18.2 Å². The molecule has 1 saturated carbocycles. The molecule has 0 spiro atoms. The number of hydrogen-bond donors (Lipinski definition) is 0. The average molecular weight is 451 g/mol. The summed E-state index contributed by atoms with van der Waals surface area (Å²) in [6, 6.07) is 11.2. The lowest BCUT2D eigenvalue weighted by Gasteiger charge is -2.27. The fraction of sp³-hybridized carbons (Fsp3) is 0.400. The summed E-state index contributed by atoms with van der Waals surface area (Å²) in [6.45, 7) is 4.01. The number of halogens is 3. The van der Waals surface area contributed by atoms with Crippen LogP contribution < -0.4 is 0 Å². The van der Waals surface area contributed by atoms with Crippen molar-refractivity contribution in [1.82, 2.24) is 0 Å². The van der Waals surface area contributed by atoms with Gasteiger partial charge < -0.3 is 0 Å². The molecule has 1 fully saturated rings. The molecular formula is C30H33F3. The predicted octanol–water partition coefficient (Wildman–Crippen LogP) is 9.23. The van der Waals surface area contributed by atoms with E-state index in [0.717, 1.165) is 50.5 Å². The zero-order valence-electron chi connectivity index (χ0n) is 19.6. The smallest absolute Gasteiger partial charge is 0.166 e. The Hall–Kier alpha value is -2.55. The predicted molar refractivity (Wildman–Crippen MR) is 131 cm³/mol. The Labute approximate surface area is 195 Å². The first-order valence-corrected chi connectivity index (χ1v) is 12.3. The minimum Gasteiger partial charge on any atom is -0.212 e. The molecule has 0 aromatic heterocycles. The molecule has 0 amide bonds. The third kappa shape index (κ3) is 5.51. The lowest BCUT2D eigenvalue weighted by Crippen LogP contribution is -2.14. The van der Waals surface area contributed by atoms with Crippen molar-refractivity contribution in [3.8, 4) is 11.1 Å². The van der Waals surface area contributed by atoms with Gasteiger partial charge in [-0.1, -0.05) is 74.9 Å². The van der Waals surface area contributed by atoms with Crippen molar-refractivity contribution in [3.05, 3.63) is 94.9 Å². The highest BCUT2D eigenvalue weighted by molar-refractivity contribution is 5.65. The summed E-state index contributed by atoms with van der Waals surface area (Å²) in [7, 11) is 0. The van der Waals surface area contributed by atoms with Gasteiger partial charge in [0.05, 0.1) is 0 Å². The van der Waals surface area contributed by atoms with Crippen LogP contribution in [0.3, 0.4) is 0 Å². The van der Waals surface area contributed by atoms with Crippen molar-refractivity contribution >= 4 is 0 Å². The van der Waals surface area contributed by atoms with E-state index in [-0.39, 0.29) is 17.7 Å². The zero-order chi connectivity index (χ0) is 23.4. The van der Waals surface area contributed by atoms with Gasteiger partial charge in [-0.3, -0.25) is 0 Å². The maximum atomic E-state index is 15.1. The standard InChI is InChI=1S/C30H33F3/c1-3-4-21-9-13-24(14-10-21)26-17-18-27(30(33)29(26)32)25-15-11-22(12-16-25)7-8-23-6-5-20(2)28(31)19-23/h6-10,13-14,17-20,22,25H,3-5,11-12,15-16H2,1-2H3/b8-7+. The van der Waals surface area contributed by atoms with Gasteiger partial charge in [0, 0.05) is 11.5 Å². The first-order valence-electron chi connectivity index (χ1n) is 12.3. The first-order chi connectivity index (χ1) is 16.0. The third-order valence-corrected chi connectivity index (χ3v) is 7.17. The van der Waals surface area contributed by atoms with Crippen LogP contribution in [0.1, 0.15) is 69.4 Å². The highest BCUT2D eigenvalue weighted by Crippen LogP contribution is 2.39. The molecule has 0 heterocycles. The number of rotatable bonds is 6. The van der Waals surface area contributed by atoms with Gasteiger partial charge in [-0.2, -0.15) is 0 Å². The summed E-state index contributed by atoms with van der Waals surface area (Å²) in [5.41, 5.74) is 3.67. The van der Waals surface area contributed by atoms with Crippen LogP contribution in [0.2, 0.25) is 0 Å². The van der Waals surface area contributed by atoms with Crippen LogP contribution in [0.4, 0.5) is 13.2 Å². The lowest BCUT2D eigenvalue weighted by molar-refractivity contribution is 0.364. The van der Waals surface area contributed by atoms with E-state index < -0.39 is 11.6 Å². The Bertz CT molecular complexity index is 1050. The Morgan fingerprint density at radius 1 is 0.909 bits per heavy atom. The van der Waals surface area contributed by atoms with Gasteiger partial charge in [-0.15, -0.1) is 0 Å². The van der Waals surface area contributed by atoms with Crippen molar-refractivity contribution in [2.75, 3.05) is 0 Å². The molecule has 2 aliphatic rings. The molecule has 0 bridgehead atoms. The molecule has 0 radical (unpaired) electrons. The lowest BCUT2D eigenvalue weighted by atomic mass is 9.78. The van der Waals surface area contributed by atoms with E-state index in [0.29, 0.717) is 22.6 Å². The second-order valence-electron chi connectivity index (χ2n) is 9.62. The first kappa shape index (κ1) is 23.6. The second kappa shape index (κ2) is 10.6. The van der Waals surface area contributed by atoms with Crippen molar-refractivity contribution in [2.45, 2.75) is 64.7 Å². The Kier molecular flexibility index (Phi) is 7.57. The van der Waals surface area contributed by atoms with Gasteiger partial charge >= 0.3 is 0 Å². The highest BCUT2D eigenvalue weighted by atomic mass is 19.2. The van der Waals surface area contributed by atoms with Crippen LogP contribution in [0.5, 0.6) is 0 Å². The largest absolute Gasteiger partial charge is 0.212 e. The Morgan fingerprint density at radius 2 is 1.64 bits per heavy atom. The maximum Gasteiger partial charge on any atom is 0.166 e. The van der Waals surface area contributed by atoms with E-state index >= 15 is 4.39 Å². The molecule has 0 N–H and O–H groups in total. The topological polar surface area (TPSA) is 0 Å². The van der Waals surface area contributed by atoms with Gasteiger partial charge in [-0.05, 0) is 78.7 Å². The maximum absolute atomic E-state index is 15.1. The average Bonchev–Trinajstić information content (AvgIpc) is 2.83. The van der Waals surface area contributed by atoms with Crippen molar-refractivity contribution in [1.29, 1.82) is 0 Å². The van der Waals surface area contributed by atoms with Crippen LogP contribution in [-0.2, 0) is 6.42 Å². The Balaban J connectivity index is 1.40. The van der Waals surface area contributed by atoms with Crippen LogP contribution in [0.25, 0.3) is 11.1 Å². The van der Waals surface area contributed by atoms with Gasteiger partial charge in [0.1, 0.15) is 5.83 Å². The molecule has 1 unspecified atom stereocenters. The normalized spacial score (nSPS) is 23.5. The van der Waals surface area contributed by atoms with Crippen molar-refractivity contribution in [2.24, 2.45) is 11.8 Å². The highest BCUT2D eigenvalue weighted by Gasteiger charge is 2.26. The SMILES string of the molecule is CCCc1ccc(-c2ccc(C3CCC(/C=C/C4=CCC(C)C(F)=C4)CC3)c(F)c2F)cc1. The fourth-order valence-electron chi connectivity index (χ4n) is 5.01. The molecule has 2 aliphatic carbocycles. The van der Waals surface area contributed by atoms with Gasteiger partial charge in [0.2, 0.25) is 0 Å². The van der Waals surface area contributed by atoms with Gasteiger partial charge in [0.25, 0.3) is 0 Å². The zero-order valence-corrected chi connectivity index (χ0v) is 19.6. The monoisotopic (exact) mass is 450 g/mol. The fourth-order valence-corrected chi connectivity index (χ4v) is 5.01. The van der Waals surface area contributed by atoms with Crippen molar-refractivity contribution in [3.63, 3.8) is 0 Å². The van der Waals surface area contributed by atoms with E-state index in [9.17, 15) is 8.78 Å². The van der Waals surface area contributed by atoms with Gasteiger partial charge in [-0.25, -0.2) is 13.2 Å². The van der Waals surface area contributed by atoms with Crippen LogP contribution in [-0.4, -0.2) is 0 Å². The van der Waals surface area contributed by atoms with E-state index in [2.05, 4.69) is 19.1 Å². The van der Waals surface area contributed by atoms with Crippen LogP contribution in [0.15, 0.2) is 72.1 Å². The summed E-state index contributed by atoms with van der Waals surface area (Å²) < 4.78 is 43.8. The number of allylic oxidation sites excluding steroid dienone is 6. The number of benzene rings is 2. The second-order valence-corrected chi connectivity index (χ2v) is 9.62. The van der Waals surface area contributed by atoms with Gasteiger partial charge in [0.15, 0.2) is 11.6 Å². The molecule has 0 aliphatic heterocycles. The molecule has 174 valence electrons. The summed E-state index contributed by atoms with van der Waals surface area (Å²) in [5, 5.41) is 0. The minimum atomic E-state index is -0.745. The molecule has 1 atom stereocenters. The quantitative estimate of drug-likeness (QED) is 0.411. The molecule has 33 heavy (non-hydrogen) atoms. The summed E-state index contributed by atoms with van der Waals surface area (Å²) in [4.78, 5) is 0. The number of aryl methyl sites for hydroxylation is 1. The van der Waals surface area contributed by atoms with Crippen LogP contribution in [0, 0.1) is 23.5 Å². The third-order valence-electron chi connectivity index (χ3n) is 7.17. The molecule has 3 heteroatoms. The minimum absolute atomic E-state index is 0.0281. The molecule has 0 saturated heterocycles. The summed E-state index contributed by atoms with van der Waals surface area (Å²) in [6.07, 6.45) is 14.2. The van der Waals surface area contributed by atoms with E-state index in [4.69, 9.17) is 0 Å². The van der Waals surface area contributed by atoms with E-state index in [1.165, 1.54) is 5.56 Å². The molecular weight excluding hydrogens is 417 g/mol. The molecule has 4 rings (SSSR count).